The summed E-state index contributed by atoms with van der Waals surface area (Å²) >= 11 is 6.58. The number of carbonyl (C=O) groups is 2. The van der Waals surface area contributed by atoms with Crippen LogP contribution in [0.15, 0.2) is 66.7 Å². The molecule has 132 valence electrons. The fraction of sp³-hybridized carbons (Fsp3) is 0.0909. The molecule has 3 aromatic carbocycles. The summed E-state index contributed by atoms with van der Waals surface area (Å²) in [7, 11) is 0. The summed E-state index contributed by atoms with van der Waals surface area (Å²) in [6, 6.07) is 20.2. The number of amides is 2. The van der Waals surface area contributed by atoms with Crippen LogP contribution in [0.25, 0.3) is 0 Å². The highest BCUT2D eigenvalue weighted by Crippen LogP contribution is 2.48. The number of nitrogens with zero attached hydrogens (tertiary/aromatic N) is 2. The average molecular weight is 375 g/mol. The van der Waals surface area contributed by atoms with Crippen molar-refractivity contribution in [3.8, 4) is 0 Å². The Morgan fingerprint density at radius 2 is 1.33 bits per heavy atom. The van der Waals surface area contributed by atoms with E-state index >= 15 is 0 Å². The zero-order chi connectivity index (χ0) is 18.7. The molecule has 0 saturated carbocycles. The SMILES string of the molecule is Cc1cccc(N2C(=O)c3ccccc3N3C(=O)c4ccccc4C32)c1Cl. The fourth-order valence-electron chi connectivity index (χ4n) is 3.96. The number of anilines is 2. The summed E-state index contributed by atoms with van der Waals surface area (Å²) in [6.45, 7) is 1.90. The van der Waals surface area contributed by atoms with E-state index in [1.54, 1.807) is 28.0 Å². The second-order valence-corrected chi connectivity index (χ2v) is 7.11. The topological polar surface area (TPSA) is 40.6 Å². The Morgan fingerprint density at radius 1 is 0.741 bits per heavy atom. The minimum atomic E-state index is -0.546. The first-order chi connectivity index (χ1) is 13.1. The van der Waals surface area contributed by atoms with Gasteiger partial charge in [0.05, 0.1) is 22.0 Å². The molecule has 3 aromatic rings. The van der Waals surface area contributed by atoms with E-state index in [2.05, 4.69) is 0 Å². The maximum Gasteiger partial charge on any atom is 0.262 e. The van der Waals surface area contributed by atoms with Crippen molar-refractivity contribution < 1.29 is 9.59 Å². The number of aryl methyl sites for hydroxylation is 1. The predicted octanol–water partition coefficient (Wildman–Crippen LogP) is 4.97. The Hall–Kier alpha value is -3.11. The van der Waals surface area contributed by atoms with Crippen molar-refractivity contribution in [3.63, 3.8) is 0 Å². The summed E-state index contributed by atoms with van der Waals surface area (Å²) < 4.78 is 0. The molecule has 5 heteroatoms. The molecule has 2 aliphatic heterocycles. The zero-order valence-corrected chi connectivity index (χ0v) is 15.3. The van der Waals surface area contributed by atoms with Crippen molar-refractivity contribution in [2.24, 2.45) is 0 Å². The van der Waals surface area contributed by atoms with Crippen molar-refractivity contribution in [1.29, 1.82) is 0 Å². The summed E-state index contributed by atoms with van der Waals surface area (Å²) in [6.07, 6.45) is -0.546. The van der Waals surface area contributed by atoms with Crippen LogP contribution in [0.1, 0.15) is 38.0 Å². The van der Waals surface area contributed by atoms with Crippen LogP contribution in [0.3, 0.4) is 0 Å². The molecular formula is C22H15ClN2O2. The van der Waals surface area contributed by atoms with Gasteiger partial charge in [0.25, 0.3) is 11.8 Å². The van der Waals surface area contributed by atoms with E-state index < -0.39 is 6.17 Å². The molecular weight excluding hydrogens is 360 g/mol. The summed E-state index contributed by atoms with van der Waals surface area (Å²) in [5.41, 5.74) is 4.03. The van der Waals surface area contributed by atoms with Gasteiger partial charge in [0, 0.05) is 11.1 Å². The highest BCUT2D eigenvalue weighted by Gasteiger charge is 2.48. The van der Waals surface area contributed by atoms with Crippen molar-refractivity contribution in [1.82, 2.24) is 0 Å². The van der Waals surface area contributed by atoms with Crippen LogP contribution in [0.2, 0.25) is 5.02 Å². The minimum Gasteiger partial charge on any atom is -0.282 e. The Kier molecular flexibility index (Phi) is 3.39. The fourth-order valence-corrected chi connectivity index (χ4v) is 4.17. The molecule has 0 N–H and O–H groups in total. The van der Waals surface area contributed by atoms with E-state index in [1.165, 1.54) is 0 Å². The molecule has 0 saturated heterocycles. The van der Waals surface area contributed by atoms with Crippen molar-refractivity contribution >= 4 is 34.8 Å². The van der Waals surface area contributed by atoms with E-state index in [-0.39, 0.29) is 11.8 Å². The molecule has 27 heavy (non-hydrogen) atoms. The second kappa shape index (κ2) is 5.69. The van der Waals surface area contributed by atoms with Gasteiger partial charge in [-0.25, -0.2) is 0 Å². The quantitative estimate of drug-likeness (QED) is 0.603. The number of fused-ring (bicyclic) bond motifs is 5. The zero-order valence-electron chi connectivity index (χ0n) is 14.5. The number of para-hydroxylation sites is 1. The van der Waals surface area contributed by atoms with E-state index in [4.69, 9.17) is 11.6 Å². The van der Waals surface area contributed by atoms with Crippen molar-refractivity contribution in [2.75, 3.05) is 9.80 Å². The number of rotatable bonds is 1. The molecule has 2 heterocycles. The monoisotopic (exact) mass is 374 g/mol. The molecule has 0 fully saturated rings. The number of hydrogen-bond donors (Lipinski definition) is 0. The average Bonchev–Trinajstić information content (AvgIpc) is 2.98. The first-order valence-corrected chi connectivity index (χ1v) is 9.07. The van der Waals surface area contributed by atoms with Gasteiger partial charge in [0.1, 0.15) is 6.17 Å². The van der Waals surface area contributed by atoms with Crippen molar-refractivity contribution in [2.45, 2.75) is 13.1 Å². The third-order valence-corrected chi connectivity index (χ3v) is 5.71. The molecule has 0 aromatic heterocycles. The van der Waals surface area contributed by atoms with E-state index in [0.29, 0.717) is 27.5 Å². The van der Waals surface area contributed by atoms with E-state index in [1.807, 2.05) is 55.5 Å². The maximum atomic E-state index is 13.5. The molecule has 1 atom stereocenters. The van der Waals surface area contributed by atoms with Gasteiger partial charge in [-0.2, -0.15) is 0 Å². The number of halogens is 1. The molecule has 0 bridgehead atoms. The normalized spacial score (nSPS) is 17.6. The van der Waals surface area contributed by atoms with Crippen LogP contribution in [-0.4, -0.2) is 11.8 Å². The smallest absolute Gasteiger partial charge is 0.262 e. The van der Waals surface area contributed by atoms with E-state index in [0.717, 1.165) is 11.1 Å². The predicted molar refractivity (Wildman–Crippen MR) is 105 cm³/mol. The molecule has 1 unspecified atom stereocenters. The van der Waals surface area contributed by atoms with Crippen LogP contribution < -0.4 is 9.80 Å². The van der Waals surface area contributed by atoms with Crippen molar-refractivity contribution in [3.05, 3.63) is 94.0 Å². The first kappa shape index (κ1) is 16.1. The number of carbonyl (C=O) groups excluding carboxylic acids is 2. The summed E-state index contributed by atoms with van der Waals surface area (Å²) in [5.74, 6) is -0.270. The standard InChI is InChI=1S/C22H15ClN2O2/c1-13-7-6-12-18(19(13)23)25-20-14-8-2-3-9-15(14)21(26)24(20)17-11-5-4-10-16(17)22(25)27/h2-12,20H,1H3. The van der Waals surface area contributed by atoms with Gasteiger partial charge in [-0.3, -0.25) is 19.4 Å². The Bertz CT molecular complexity index is 1120. The highest BCUT2D eigenvalue weighted by atomic mass is 35.5. The Labute approximate surface area is 161 Å². The number of hydrogen-bond acceptors (Lipinski definition) is 2. The third kappa shape index (κ3) is 2.10. The molecule has 0 radical (unpaired) electrons. The lowest BCUT2D eigenvalue weighted by atomic mass is 10.0. The largest absolute Gasteiger partial charge is 0.282 e. The van der Waals surface area contributed by atoms with Crippen LogP contribution in [0.5, 0.6) is 0 Å². The third-order valence-electron chi connectivity index (χ3n) is 5.22. The van der Waals surface area contributed by atoms with Gasteiger partial charge in [-0.15, -0.1) is 0 Å². The molecule has 2 amide bonds. The van der Waals surface area contributed by atoms with Crippen LogP contribution >= 0.6 is 11.6 Å². The van der Waals surface area contributed by atoms with Crippen LogP contribution in [0.4, 0.5) is 11.4 Å². The molecule has 5 rings (SSSR count). The summed E-state index contributed by atoms with van der Waals surface area (Å²) in [5, 5.41) is 0.516. The lowest BCUT2D eigenvalue weighted by Gasteiger charge is -2.41. The number of benzene rings is 3. The van der Waals surface area contributed by atoms with Gasteiger partial charge in [0.15, 0.2) is 0 Å². The molecule has 2 aliphatic rings. The van der Waals surface area contributed by atoms with Gasteiger partial charge in [0.2, 0.25) is 0 Å². The maximum absolute atomic E-state index is 13.5. The Morgan fingerprint density at radius 3 is 2.15 bits per heavy atom. The van der Waals surface area contributed by atoms with Crippen LogP contribution in [0, 0.1) is 6.92 Å². The van der Waals surface area contributed by atoms with Gasteiger partial charge >= 0.3 is 0 Å². The van der Waals surface area contributed by atoms with Gasteiger partial charge in [-0.05, 0) is 36.8 Å². The van der Waals surface area contributed by atoms with Gasteiger partial charge in [-0.1, -0.05) is 54.1 Å². The summed E-state index contributed by atoms with van der Waals surface area (Å²) in [4.78, 5) is 30.0. The highest BCUT2D eigenvalue weighted by molar-refractivity contribution is 6.35. The minimum absolute atomic E-state index is 0.107. The lowest BCUT2D eigenvalue weighted by Crippen LogP contribution is -2.48. The molecule has 0 spiro atoms. The van der Waals surface area contributed by atoms with E-state index in [9.17, 15) is 9.59 Å². The van der Waals surface area contributed by atoms with Crippen LogP contribution in [-0.2, 0) is 0 Å². The lowest BCUT2D eigenvalue weighted by molar-refractivity contribution is 0.0949. The first-order valence-electron chi connectivity index (χ1n) is 8.70. The second-order valence-electron chi connectivity index (χ2n) is 6.74. The molecule has 0 aliphatic carbocycles. The Balaban J connectivity index is 1.82. The molecule has 4 nitrogen and oxygen atoms in total. The van der Waals surface area contributed by atoms with Gasteiger partial charge < -0.3 is 0 Å².